The summed E-state index contributed by atoms with van der Waals surface area (Å²) in [6.45, 7) is 4.17. The van der Waals surface area contributed by atoms with E-state index in [0.717, 1.165) is 31.9 Å². The number of piperazine rings is 1. The summed E-state index contributed by atoms with van der Waals surface area (Å²) < 4.78 is 0. The van der Waals surface area contributed by atoms with Gasteiger partial charge in [-0.2, -0.15) is 0 Å². The first-order chi connectivity index (χ1) is 10.6. The smallest absolute Gasteiger partial charge is 0.236 e. The van der Waals surface area contributed by atoms with Gasteiger partial charge in [0, 0.05) is 44.8 Å². The Morgan fingerprint density at radius 2 is 1.91 bits per heavy atom. The van der Waals surface area contributed by atoms with Crippen LogP contribution in [0.5, 0.6) is 0 Å². The van der Waals surface area contributed by atoms with E-state index in [9.17, 15) is 9.59 Å². The molecule has 2 rings (SSSR count). The van der Waals surface area contributed by atoms with E-state index in [-0.39, 0.29) is 11.8 Å². The number of hydrogen-bond acceptors (Lipinski definition) is 4. The van der Waals surface area contributed by atoms with E-state index in [1.807, 2.05) is 47.2 Å². The maximum absolute atomic E-state index is 12.1. The van der Waals surface area contributed by atoms with Crippen molar-refractivity contribution >= 4 is 17.5 Å². The number of nitrogens with zero attached hydrogens (tertiary/aromatic N) is 2. The molecule has 0 spiro atoms. The Balaban J connectivity index is 1.67. The van der Waals surface area contributed by atoms with Crippen molar-refractivity contribution in [3.8, 4) is 0 Å². The van der Waals surface area contributed by atoms with Crippen molar-refractivity contribution < 1.29 is 9.59 Å². The molecule has 2 N–H and O–H groups in total. The molecule has 1 aromatic rings. The van der Waals surface area contributed by atoms with Gasteiger partial charge in [-0.1, -0.05) is 18.2 Å². The molecule has 0 bridgehead atoms. The number of nitrogens with one attached hydrogen (secondary N) is 2. The first kappa shape index (κ1) is 16.5. The molecule has 6 heteroatoms. The average Bonchev–Trinajstić information content (AvgIpc) is 2.55. The van der Waals surface area contributed by atoms with Crippen LogP contribution in [0.3, 0.4) is 0 Å². The summed E-state index contributed by atoms with van der Waals surface area (Å²) in [5.41, 5.74) is 0.798. The van der Waals surface area contributed by atoms with Gasteiger partial charge in [0.05, 0.1) is 6.54 Å². The molecule has 0 radical (unpaired) electrons. The van der Waals surface area contributed by atoms with Gasteiger partial charge in [0.1, 0.15) is 0 Å². The number of rotatable bonds is 6. The lowest BCUT2D eigenvalue weighted by molar-refractivity contribution is -0.133. The Morgan fingerprint density at radius 1 is 1.23 bits per heavy atom. The molecule has 1 aliphatic rings. The lowest BCUT2D eigenvalue weighted by atomic mass is 10.3. The van der Waals surface area contributed by atoms with Crippen molar-refractivity contribution in [1.82, 2.24) is 15.1 Å². The second-order valence-corrected chi connectivity index (χ2v) is 5.53. The molecule has 2 amide bonds. The highest BCUT2D eigenvalue weighted by molar-refractivity contribution is 5.90. The Hall–Kier alpha value is -1.92. The van der Waals surface area contributed by atoms with E-state index >= 15 is 0 Å². The van der Waals surface area contributed by atoms with Crippen molar-refractivity contribution in [2.24, 2.45) is 0 Å². The summed E-state index contributed by atoms with van der Waals surface area (Å²) >= 11 is 0. The fraction of sp³-hybridized carbons (Fsp3) is 0.500. The normalized spacial score (nSPS) is 14.9. The number of para-hydroxylation sites is 1. The minimum Gasteiger partial charge on any atom is -0.339 e. The molecule has 0 unspecified atom stereocenters. The Morgan fingerprint density at radius 3 is 2.59 bits per heavy atom. The molecule has 1 saturated heterocycles. The third-order valence-corrected chi connectivity index (χ3v) is 3.65. The zero-order chi connectivity index (χ0) is 15.8. The average molecular weight is 304 g/mol. The molecule has 120 valence electrons. The van der Waals surface area contributed by atoms with Gasteiger partial charge in [0.2, 0.25) is 11.8 Å². The Labute approximate surface area is 131 Å². The van der Waals surface area contributed by atoms with Crippen LogP contribution < -0.4 is 10.6 Å². The lowest BCUT2D eigenvalue weighted by Crippen LogP contribution is -2.49. The van der Waals surface area contributed by atoms with E-state index in [4.69, 9.17) is 0 Å². The van der Waals surface area contributed by atoms with Gasteiger partial charge in [0.25, 0.3) is 0 Å². The van der Waals surface area contributed by atoms with Crippen molar-refractivity contribution in [1.29, 1.82) is 0 Å². The van der Waals surface area contributed by atoms with E-state index in [1.54, 1.807) is 0 Å². The van der Waals surface area contributed by atoms with Crippen molar-refractivity contribution in [3.63, 3.8) is 0 Å². The maximum Gasteiger partial charge on any atom is 0.236 e. The van der Waals surface area contributed by atoms with Gasteiger partial charge in [-0.3, -0.25) is 14.5 Å². The van der Waals surface area contributed by atoms with Crippen LogP contribution in [0, 0.1) is 0 Å². The van der Waals surface area contributed by atoms with Gasteiger partial charge >= 0.3 is 0 Å². The summed E-state index contributed by atoms with van der Waals surface area (Å²) in [5.74, 6) is 0.0974. The molecule has 0 aromatic heterocycles. The van der Waals surface area contributed by atoms with Crippen LogP contribution in [0.4, 0.5) is 5.69 Å². The van der Waals surface area contributed by atoms with E-state index < -0.39 is 0 Å². The predicted octanol–water partition coefficient (Wildman–Crippen LogP) is 0.379. The topological polar surface area (TPSA) is 64.7 Å². The maximum atomic E-state index is 12.1. The molecular formula is C16H24N4O2. The van der Waals surface area contributed by atoms with Crippen molar-refractivity contribution in [2.45, 2.75) is 6.42 Å². The quantitative estimate of drug-likeness (QED) is 0.797. The molecule has 0 saturated carbocycles. The van der Waals surface area contributed by atoms with Gasteiger partial charge < -0.3 is 15.5 Å². The van der Waals surface area contributed by atoms with Crippen LogP contribution in [-0.2, 0) is 9.59 Å². The molecule has 1 aliphatic heterocycles. The number of anilines is 1. The highest BCUT2D eigenvalue weighted by Crippen LogP contribution is 2.05. The summed E-state index contributed by atoms with van der Waals surface area (Å²) in [6.07, 6.45) is 0.375. The predicted molar refractivity (Wildman–Crippen MR) is 86.6 cm³/mol. The first-order valence-corrected chi connectivity index (χ1v) is 7.67. The monoisotopic (exact) mass is 304 g/mol. The second-order valence-electron chi connectivity index (χ2n) is 5.53. The number of hydrogen-bond donors (Lipinski definition) is 2. The number of amides is 2. The number of benzene rings is 1. The molecule has 6 nitrogen and oxygen atoms in total. The van der Waals surface area contributed by atoms with Crippen molar-refractivity contribution in [2.75, 3.05) is 51.6 Å². The van der Waals surface area contributed by atoms with Crippen LogP contribution in [0.2, 0.25) is 0 Å². The van der Waals surface area contributed by atoms with Gasteiger partial charge in [0.15, 0.2) is 0 Å². The van der Waals surface area contributed by atoms with Crippen LogP contribution in [0.1, 0.15) is 6.42 Å². The van der Waals surface area contributed by atoms with Crippen LogP contribution >= 0.6 is 0 Å². The zero-order valence-electron chi connectivity index (χ0n) is 13.0. The summed E-state index contributed by atoms with van der Waals surface area (Å²) in [4.78, 5) is 27.7. The third-order valence-electron chi connectivity index (χ3n) is 3.65. The van der Waals surface area contributed by atoms with Gasteiger partial charge in [-0.25, -0.2) is 0 Å². The van der Waals surface area contributed by atoms with Gasteiger partial charge in [-0.15, -0.1) is 0 Å². The molecular weight excluding hydrogens is 280 g/mol. The largest absolute Gasteiger partial charge is 0.339 e. The first-order valence-electron chi connectivity index (χ1n) is 7.67. The second kappa shape index (κ2) is 8.51. The Kier molecular flexibility index (Phi) is 6.36. The number of carbonyl (C=O) groups is 2. The summed E-state index contributed by atoms with van der Waals surface area (Å²) in [7, 11) is 1.87. The number of likely N-dealkylation sites (N-methyl/N-ethyl adjacent to an activating group) is 1. The highest BCUT2D eigenvalue weighted by Gasteiger charge is 2.17. The molecule has 0 aliphatic carbocycles. The van der Waals surface area contributed by atoms with Crippen molar-refractivity contribution in [3.05, 3.63) is 30.3 Å². The van der Waals surface area contributed by atoms with Crippen LogP contribution in [0.25, 0.3) is 0 Å². The van der Waals surface area contributed by atoms with E-state index in [2.05, 4.69) is 10.6 Å². The van der Waals surface area contributed by atoms with Crippen LogP contribution in [0.15, 0.2) is 30.3 Å². The molecule has 1 aromatic carbocycles. The molecule has 1 fully saturated rings. The minimum atomic E-state index is -0.0346. The minimum absolute atomic E-state index is 0.0346. The van der Waals surface area contributed by atoms with Gasteiger partial charge in [-0.05, 0) is 19.2 Å². The zero-order valence-corrected chi connectivity index (χ0v) is 13.0. The fourth-order valence-electron chi connectivity index (χ4n) is 2.36. The molecule has 0 atom stereocenters. The fourth-order valence-corrected chi connectivity index (χ4v) is 2.36. The Bertz CT molecular complexity index is 486. The highest BCUT2D eigenvalue weighted by atomic mass is 16.2. The third kappa shape index (κ3) is 5.46. The lowest BCUT2D eigenvalue weighted by Gasteiger charge is -2.29. The SMILES string of the molecule is CN(CCC(=O)Nc1ccccc1)CC(=O)N1CCNCC1. The number of carbonyl (C=O) groups excluding carboxylic acids is 2. The standard InChI is InChI=1S/C16H24N4O2/c1-19(13-16(22)20-11-8-17-9-12-20)10-7-15(21)18-14-5-3-2-4-6-14/h2-6,17H,7-13H2,1H3,(H,18,21). The summed E-state index contributed by atoms with van der Waals surface area (Å²) in [5, 5.41) is 6.07. The summed E-state index contributed by atoms with van der Waals surface area (Å²) in [6, 6.07) is 9.39. The molecule has 22 heavy (non-hydrogen) atoms. The molecule has 1 heterocycles. The van der Waals surface area contributed by atoms with E-state index in [1.165, 1.54) is 0 Å². The van der Waals surface area contributed by atoms with E-state index in [0.29, 0.717) is 19.5 Å². The van der Waals surface area contributed by atoms with Crippen LogP contribution in [-0.4, -0.2) is 67.9 Å².